The van der Waals surface area contributed by atoms with Crippen LogP contribution in [0.4, 0.5) is 0 Å². The van der Waals surface area contributed by atoms with Crippen LogP contribution >= 0.6 is 34.2 Å². The summed E-state index contributed by atoms with van der Waals surface area (Å²) in [6.07, 6.45) is 3.05. The molecule has 0 saturated heterocycles. The maximum atomic E-state index is 11.8. The molecule has 0 spiro atoms. The van der Waals surface area contributed by atoms with E-state index in [9.17, 15) is 4.79 Å². The first-order valence-electron chi connectivity index (χ1n) is 5.65. The molecule has 100 valence electrons. The van der Waals surface area contributed by atoms with Gasteiger partial charge in [0.2, 0.25) is 5.90 Å². The molecule has 2 heterocycles. The molecular weight excluding hydrogens is 393 g/mol. The Labute approximate surface area is 133 Å². The minimum atomic E-state index is -0.522. The summed E-state index contributed by atoms with van der Waals surface area (Å²) in [5.41, 5.74) is 0.777. The third-order valence-corrected chi connectivity index (χ3v) is 3.60. The molecule has 1 aliphatic heterocycles. The number of cyclic esters (lactones) is 1. The minimum absolute atomic E-state index is 0.185. The van der Waals surface area contributed by atoms with Gasteiger partial charge in [0, 0.05) is 9.65 Å². The Morgan fingerprint density at radius 1 is 1.30 bits per heavy atom. The summed E-state index contributed by atoms with van der Waals surface area (Å²) in [6.45, 7) is 0. The molecule has 0 radical (unpaired) electrons. The van der Waals surface area contributed by atoms with Crippen LogP contribution in [0.5, 0.6) is 0 Å². The molecule has 3 rings (SSSR count). The van der Waals surface area contributed by atoms with Crippen molar-refractivity contribution in [1.82, 2.24) is 0 Å². The average Bonchev–Trinajstić information content (AvgIpc) is 3.04. The van der Waals surface area contributed by atoms with E-state index < -0.39 is 5.97 Å². The summed E-state index contributed by atoms with van der Waals surface area (Å²) in [7, 11) is 0. The summed E-state index contributed by atoms with van der Waals surface area (Å²) < 4.78 is 11.3. The van der Waals surface area contributed by atoms with E-state index in [-0.39, 0.29) is 11.6 Å². The fourth-order valence-electron chi connectivity index (χ4n) is 1.69. The van der Waals surface area contributed by atoms with Crippen LogP contribution in [0.25, 0.3) is 6.08 Å². The van der Waals surface area contributed by atoms with Gasteiger partial charge < -0.3 is 9.15 Å². The zero-order valence-electron chi connectivity index (χ0n) is 9.97. The fourth-order valence-corrected chi connectivity index (χ4v) is 2.38. The van der Waals surface area contributed by atoms with Gasteiger partial charge in [-0.05, 0) is 52.9 Å². The van der Waals surface area contributed by atoms with Gasteiger partial charge in [-0.25, -0.2) is 9.79 Å². The lowest BCUT2D eigenvalue weighted by molar-refractivity contribution is -0.129. The number of hydrogen-bond acceptors (Lipinski definition) is 4. The number of aliphatic imine (C=N–C) groups is 1. The van der Waals surface area contributed by atoms with Crippen molar-refractivity contribution in [2.24, 2.45) is 4.99 Å². The highest BCUT2D eigenvalue weighted by atomic mass is 127. The largest absolute Gasteiger partial charge is 0.465 e. The summed E-state index contributed by atoms with van der Waals surface area (Å²) in [5, 5.41) is 0.483. The molecule has 0 unspecified atom stereocenters. The molecule has 2 aromatic rings. The van der Waals surface area contributed by atoms with Crippen molar-refractivity contribution in [3.05, 3.63) is 62.2 Å². The van der Waals surface area contributed by atoms with Crippen molar-refractivity contribution in [2.75, 3.05) is 0 Å². The van der Waals surface area contributed by atoms with Gasteiger partial charge in [-0.2, -0.15) is 0 Å². The minimum Gasteiger partial charge on any atom is -0.465 e. The molecule has 0 bridgehead atoms. The highest BCUT2D eigenvalue weighted by Gasteiger charge is 2.26. The van der Waals surface area contributed by atoms with Crippen LogP contribution in [0.2, 0.25) is 5.02 Å². The molecule has 1 aromatic heterocycles. The maximum absolute atomic E-state index is 11.8. The number of nitrogens with zero attached hydrogens (tertiary/aromatic N) is 1. The Balaban J connectivity index is 2.00. The number of halogens is 2. The highest BCUT2D eigenvalue weighted by Crippen LogP contribution is 2.25. The molecule has 0 atom stereocenters. The standard InChI is InChI=1S/C14H7ClINO3/c15-11-4-3-8(16)6-10(11)13-17-12(14(18)20-13)7-9-2-1-5-19-9/h1-7H. The monoisotopic (exact) mass is 399 g/mol. The SMILES string of the molecule is O=C1OC(c2cc(I)ccc2Cl)=NC1=Cc1ccco1. The average molecular weight is 400 g/mol. The maximum Gasteiger partial charge on any atom is 0.363 e. The Hall–Kier alpha value is -1.60. The van der Waals surface area contributed by atoms with E-state index >= 15 is 0 Å². The first-order valence-corrected chi connectivity index (χ1v) is 7.10. The topological polar surface area (TPSA) is 51.8 Å². The molecule has 1 aliphatic rings. The number of ether oxygens (including phenoxy) is 1. The third kappa shape index (κ3) is 2.64. The van der Waals surface area contributed by atoms with Crippen LogP contribution < -0.4 is 0 Å². The molecule has 6 heteroatoms. The molecule has 20 heavy (non-hydrogen) atoms. The molecule has 4 nitrogen and oxygen atoms in total. The van der Waals surface area contributed by atoms with Crippen molar-refractivity contribution in [3.8, 4) is 0 Å². The molecular formula is C14H7ClINO3. The second-order valence-corrected chi connectivity index (χ2v) is 5.63. The van der Waals surface area contributed by atoms with Gasteiger partial charge in [0.1, 0.15) is 5.76 Å². The molecule has 1 aromatic carbocycles. The first kappa shape index (κ1) is 13.4. The number of furan rings is 1. The Morgan fingerprint density at radius 2 is 2.15 bits per heavy atom. The van der Waals surface area contributed by atoms with E-state index in [2.05, 4.69) is 27.6 Å². The molecule has 0 saturated carbocycles. The summed E-state index contributed by atoms with van der Waals surface area (Å²) >= 11 is 8.25. The van der Waals surface area contributed by atoms with E-state index in [1.54, 1.807) is 18.2 Å². The van der Waals surface area contributed by atoms with Crippen LogP contribution in [-0.4, -0.2) is 11.9 Å². The Morgan fingerprint density at radius 3 is 2.90 bits per heavy atom. The smallest absolute Gasteiger partial charge is 0.363 e. The van der Waals surface area contributed by atoms with Crippen molar-refractivity contribution < 1.29 is 13.9 Å². The number of benzene rings is 1. The molecule has 0 fully saturated rings. The van der Waals surface area contributed by atoms with Crippen molar-refractivity contribution in [3.63, 3.8) is 0 Å². The van der Waals surface area contributed by atoms with Crippen molar-refractivity contribution >= 4 is 52.1 Å². The summed E-state index contributed by atoms with van der Waals surface area (Å²) in [6, 6.07) is 8.87. The lowest BCUT2D eigenvalue weighted by Gasteiger charge is -2.02. The summed E-state index contributed by atoms with van der Waals surface area (Å²) in [5.74, 6) is 0.221. The molecule has 0 aliphatic carbocycles. The number of esters is 1. The lowest BCUT2D eigenvalue weighted by Crippen LogP contribution is -2.06. The van der Waals surface area contributed by atoms with E-state index in [1.165, 1.54) is 12.3 Å². The first-order chi connectivity index (χ1) is 9.63. The summed E-state index contributed by atoms with van der Waals surface area (Å²) in [4.78, 5) is 16.0. The quantitative estimate of drug-likeness (QED) is 0.437. The molecule has 0 amide bonds. The van der Waals surface area contributed by atoms with Gasteiger partial charge in [-0.3, -0.25) is 0 Å². The third-order valence-electron chi connectivity index (χ3n) is 2.60. The Bertz CT molecular complexity index is 735. The number of carbonyl (C=O) groups excluding carboxylic acids is 1. The van der Waals surface area contributed by atoms with Gasteiger partial charge in [0.25, 0.3) is 0 Å². The van der Waals surface area contributed by atoms with E-state index in [1.807, 2.05) is 12.1 Å². The number of hydrogen-bond donors (Lipinski definition) is 0. The van der Waals surface area contributed by atoms with Crippen molar-refractivity contribution in [1.29, 1.82) is 0 Å². The van der Waals surface area contributed by atoms with Gasteiger partial charge in [-0.15, -0.1) is 0 Å². The fraction of sp³-hybridized carbons (Fsp3) is 0. The number of rotatable bonds is 2. The zero-order valence-corrected chi connectivity index (χ0v) is 12.9. The van der Waals surface area contributed by atoms with E-state index in [4.69, 9.17) is 20.8 Å². The Kier molecular flexibility index (Phi) is 3.62. The van der Waals surface area contributed by atoms with Crippen LogP contribution in [0, 0.1) is 3.57 Å². The number of carbonyl (C=O) groups is 1. The zero-order chi connectivity index (χ0) is 14.1. The lowest BCUT2D eigenvalue weighted by atomic mass is 10.2. The van der Waals surface area contributed by atoms with E-state index in [0.717, 1.165) is 3.57 Å². The van der Waals surface area contributed by atoms with Gasteiger partial charge >= 0.3 is 5.97 Å². The van der Waals surface area contributed by atoms with Crippen LogP contribution in [0.1, 0.15) is 11.3 Å². The van der Waals surface area contributed by atoms with Gasteiger partial charge in [0.15, 0.2) is 5.70 Å². The highest BCUT2D eigenvalue weighted by molar-refractivity contribution is 14.1. The molecule has 0 N–H and O–H groups in total. The van der Waals surface area contributed by atoms with Crippen LogP contribution in [0.15, 0.2) is 51.7 Å². The van der Waals surface area contributed by atoms with Gasteiger partial charge in [0.05, 0.1) is 16.8 Å². The normalized spacial score (nSPS) is 16.4. The second kappa shape index (κ2) is 5.41. The predicted molar refractivity (Wildman–Crippen MR) is 83.5 cm³/mol. The van der Waals surface area contributed by atoms with Crippen LogP contribution in [0.3, 0.4) is 0 Å². The second-order valence-electron chi connectivity index (χ2n) is 3.98. The van der Waals surface area contributed by atoms with Gasteiger partial charge in [-0.1, -0.05) is 11.6 Å². The van der Waals surface area contributed by atoms with Crippen molar-refractivity contribution in [2.45, 2.75) is 0 Å². The van der Waals surface area contributed by atoms with E-state index in [0.29, 0.717) is 16.3 Å². The van der Waals surface area contributed by atoms with Crippen LogP contribution in [-0.2, 0) is 9.53 Å². The predicted octanol–water partition coefficient (Wildman–Crippen LogP) is 3.88.